The summed E-state index contributed by atoms with van der Waals surface area (Å²) in [4.78, 5) is 25.1. The van der Waals surface area contributed by atoms with Crippen LogP contribution in [-0.4, -0.2) is 22.2 Å². The smallest absolute Gasteiger partial charge is 0.262 e. The van der Waals surface area contributed by atoms with Gasteiger partial charge in [-0.05, 0) is 68.7 Å². The summed E-state index contributed by atoms with van der Waals surface area (Å²) < 4.78 is 13.8. The summed E-state index contributed by atoms with van der Waals surface area (Å²) in [6.45, 7) is 7.04. The van der Waals surface area contributed by atoms with E-state index in [0.29, 0.717) is 28.1 Å². The second kappa shape index (κ2) is 10.9. The van der Waals surface area contributed by atoms with Crippen molar-refractivity contribution in [2.75, 3.05) is 11.9 Å². The third kappa shape index (κ3) is 6.12. The minimum absolute atomic E-state index is 0.232. The van der Waals surface area contributed by atoms with Gasteiger partial charge < -0.3 is 24.5 Å². The molecule has 0 fully saturated rings. The van der Waals surface area contributed by atoms with Gasteiger partial charge in [0.25, 0.3) is 11.5 Å². The van der Waals surface area contributed by atoms with Gasteiger partial charge in [-0.2, -0.15) is 0 Å². The highest BCUT2D eigenvalue weighted by Crippen LogP contribution is 2.41. The fourth-order valence-corrected chi connectivity index (χ4v) is 4.08. The van der Waals surface area contributed by atoms with Gasteiger partial charge in [-0.1, -0.05) is 42.5 Å². The van der Waals surface area contributed by atoms with E-state index in [0.717, 1.165) is 16.9 Å². The van der Waals surface area contributed by atoms with E-state index in [1.54, 1.807) is 45.3 Å². The zero-order valence-electron chi connectivity index (χ0n) is 22.2. The Morgan fingerprint density at radius 2 is 1.61 bits per heavy atom. The second-order valence-electron chi connectivity index (χ2n) is 9.80. The Bertz CT molecular complexity index is 1500. The number of aliphatic hydroxyl groups is 1. The third-order valence-corrected chi connectivity index (χ3v) is 6.20. The number of hydrogen-bond donors (Lipinski definition) is 2. The Labute approximate surface area is 222 Å². The Hall–Kier alpha value is -4.36. The van der Waals surface area contributed by atoms with E-state index >= 15 is 0 Å². The largest absolute Gasteiger partial charge is 0.483 e. The van der Waals surface area contributed by atoms with Crippen LogP contribution in [0.1, 0.15) is 30.5 Å². The summed E-state index contributed by atoms with van der Waals surface area (Å²) in [5.41, 5.74) is 2.99. The van der Waals surface area contributed by atoms with Crippen LogP contribution in [0.5, 0.6) is 17.2 Å². The van der Waals surface area contributed by atoms with Gasteiger partial charge in [0.1, 0.15) is 17.2 Å². The normalized spacial score (nSPS) is 11.2. The molecule has 0 saturated carbocycles. The third-order valence-electron chi connectivity index (χ3n) is 6.20. The van der Waals surface area contributed by atoms with Crippen LogP contribution in [0.4, 0.5) is 5.69 Å². The molecule has 0 bridgehead atoms. The lowest BCUT2D eigenvalue weighted by Crippen LogP contribution is -2.22. The first-order chi connectivity index (χ1) is 18.0. The van der Waals surface area contributed by atoms with Crippen LogP contribution in [0.25, 0.3) is 11.1 Å². The maximum atomic E-state index is 12.6. The molecule has 0 atom stereocenters. The lowest BCUT2D eigenvalue weighted by Gasteiger charge is -2.22. The van der Waals surface area contributed by atoms with E-state index in [2.05, 4.69) is 5.32 Å². The molecular formula is C31H32N2O5. The predicted octanol–water partition coefficient (Wildman–Crippen LogP) is 5.71. The van der Waals surface area contributed by atoms with E-state index in [-0.39, 0.29) is 23.8 Å². The van der Waals surface area contributed by atoms with Crippen molar-refractivity contribution in [3.05, 3.63) is 106 Å². The van der Waals surface area contributed by atoms with Crippen LogP contribution in [0.15, 0.2) is 83.8 Å². The Balaban J connectivity index is 1.77. The van der Waals surface area contributed by atoms with Crippen LogP contribution in [-0.2, 0) is 17.4 Å². The molecule has 4 aromatic rings. The number of anilines is 1. The minimum atomic E-state index is -1.12. The first kappa shape index (κ1) is 26.7. The average molecular weight is 513 g/mol. The number of ether oxygens (including phenoxy) is 2. The lowest BCUT2D eigenvalue weighted by atomic mass is 9.93. The highest BCUT2D eigenvalue weighted by atomic mass is 16.5. The van der Waals surface area contributed by atoms with Crippen molar-refractivity contribution < 1.29 is 19.4 Å². The van der Waals surface area contributed by atoms with Gasteiger partial charge >= 0.3 is 0 Å². The summed E-state index contributed by atoms with van der Waals surface area (Å²) in [6, 6.07) is 21.7. The molecule has 7 nitrogen and oxygen atoms in total. The number of nitrogens with zero attached hydrogens (tertiary/aromatic N) is 1. The fraction of sp³-hybridized carbons (Fsp3) is 0.226. The molecule has 1 amide bonds. The van der Waals surface area contributed by atoms with E-state index in [9.17, 15) is 14.7 Å². The summed E-state index contributed by atoms with van der Waals surface area (Å²) >= 11 is 0. The molecule has 7 heteroatoms. The van der Waals surface area contributed by atoms with E-state index in [4.69, 9.17) is 9.47 Å². The summed E-state index contributed by atoms with van der Waals surface area (Å²) in [6.07, 6.45) is 1.65. The van der Waals surface area contributed by atoms with Crippen molar-refractivity contribution in [1.82, 2.24) is 4.57 Å². The van der Waals surface area contributed by atoms with Gasteiger partial charge in [0.15, 0.2) is 6.61 Å². The first-order valence-electron chi connectivity index (χ1n) is 12.3. The minimum Gasteiger partial charge on any atom is -0.483 e. The second-order valence-corrected chi connectivity index (χ2v) is 9.80. The van der Waals surface area contributed by atoms with Crippen LogP contribution in [0.3, 0.4) is 0 Å². The molecule has 1 aromatic heterocycles. The molecule has 4 rings (SSSR count). The summed E-state index contributed by atoms with van der Waals surface area (Å²) in [7, 11) is 1.64. The van der Waals surface area contributed by atoms with E-state index in [1.165, 1.54) is 10.6 Å². The maximum absolute atomic E-state index is 12.6. The monoisotopic (exact) mass is 512 g/mol. The van der Waals surface area contributed by atoms with Crippen molar-refractivity contribution in [1.29, 1.82) is 0 Å². The van der Waals surface area contributed by atoms with Crippen LogP contribution >= 0.6 is 0 Å². The molecule has 2 N–H and O–H groups in total. The molecule has 0 saturated heterocycles. The number of carbonyl (C=O) groups excluding carboxylic acids is 1. The quantitative estimate of drug-likeness (QED) is 0.316. The van der Waals surface area contributed by atoms with Gasteiger partial charge in [0.05, 0.1) is 5.60 Å². The molecule has 38 heavy (non-hydrogen) atoms. The fourth-order valence-electron chi connectivity index (χ4n) is 4.08. The Morgan fingerprint density at radius 1 is 0.921 bits per heavy atom. The van der Waals surface area contributed by atoms with Gasteiger partial charge in [-0.3, -0.25) is 9.59 Å². The molecule has 0 unspecified atom stereocenters. The predicted molar refractivity (Wildman–Crippen MR) is 149 cm³/mol. The molecular weight excluding hydrogens is 480 g/mol. The van der Waals surface area contributed by atoms with Gasteiger partial charge in [-0.15, -0.1) is 0 Å². The zero-order valence-corrected chi connectivity index (χ0v) is 22.2. The molecule has 0 spiro atoms. The maximum Gasteiger partial charge on any atom is 0.262 e. The van der Waals surface area contributed by atoms with E-state index < -0.39 is 5.60 Å². The topological polar surface area (TPSA) is 89.8 Å². The molecule has 0 aliphatic rings. The zero-order chi connectivity index (χ0) is 27.4. The number of aryl methyl sites for hydroxylation is 3. The van der Waals surface area contributed by atoms with Gasteiger partial charge in [0.2, 0.25) is 0 Å². The number of hydrogen-bond acceptors (Lipinski definition) is 5. The van der Waals surface area contributed by atoms with Crippen LogP contribution < -0.4 is 20.3 Å². The summed E-state index contributed by atoms with van der Waals surface area (Å²) in [5.74, 6) is 1.11. The van der Waals surface area contributed by atoms with Gasteiger partial charge in [0, 0.05) is 36.1 Å². The number of para-hydroxylation sites is 2. The first-order valence-corrected chi connectivity index (χ1v) is 12.3. The number of amides is 1. The number of carbonyl (C=O) groups is 1. The standard InChI is InChI=1S/C31H32N2O5/c1-20-10-9-11-21(2)30(20)38-26-15-14-22(31(3,4)36)16-24(26)25-18-33(5)29(35)17-27(25)37-19-28(34)32-23-12-7-6-8-13-23/h6-18,36H,19H2,1-5H3,(H,32,34). The highest BCUT2D eigenvalue weighted by molar-refractivity contribution is 5.92. The molecule has 1 heterocycles. The molecule has 0 aliphatic carbocycles. The van der Waals surface area contributed by atoms with Crippen LogP contribution in [0, 0.1) is 13.8 Å². The highest BCUT2D eigenvalue weighted by Gasteiger charge is 2.22. The number of pyridine rings is 1. The average Bonchev–Trinajstić information content (AvgIpc) is 2.87. The SMILES string of the molecule is Cc1cccc(C)c1Oc1ccc(C(C)(C)O)cc1-c1cn(C)c(=O)cc1OCC(=O)Nc1ccccc1. The van der Waals surface area contributed by atoms with E-state index in [1.807, 2.05) is 62.4 Å². The summed E-state index contributed by atoms with van der Waals surface area (Å²) in [5, 5.41) is 13.5. The van der Waals surface area contributed by atoms with Crippen molar-refractivity contribution in [2.45, 2.75) is 33.3 Å². The number of rotatable bonds is 8. The van der Waals surface area contributed by atoms with Gasteiger partial charge in [-0.25, -0.2) is 0 Å². The lowest BCUT2D eigenvalue weighted by molar-refractivity contribution is -0.118. The number of benzene rings is 3. The van der Waals surface area contributed by atoms with Crippen LogP contribution in [0.2, 0.25) is 0 Å². The Morgan fingerprint density at radius 3 is 2.26 bits per heavy atom. The number of aromatic nitrogens is 1. The van der Waals surface area contributed by atoms with Crippen molar-refractivity contribution in [3.63, 3.8) is 0 Å². The molecule has 0 aliphatic heterocycles. The molecule has 196 valence electrons. The number of nitrogens with one attached hydrogen (secondary N) is 1. The van der Waals surface area contributed by atoms with Crippen molar-refractivity contribution in [2.24, 2.45) is 7.05 Å². The molecule has 0 radical (unpaired) electrons. The Kier molecular flexibility index (Phi) is 7.69. The van der Waals surface area contributed by atoms with Crippen molar-refractivity contribution >= 4 is 11.6 Å². The van der Waals surface area contributed by atoms with Crippen molar-refractivity contribution in [3.8, 4) is 28.4 Å². The molecule has 3 aromatic carbocycles.